The lowest BCUT2D eigenvalue weighted by Crippen LogP contribution is -2.36. The molecule has 0 aromatic heterocycles. The van der Waals surface area contributed by atoms with E-state index in [-0.39, 0.29) is 6.61 Å². The molecule has 0 radical (unpaired) electrons. The van der Waals surface area contributed by atoms with E-state index in [0.717, 1.165) is 0 Å². The number of rotatable bonds is 4. The Morgan fingerprint density at radius 2 is 1.94 bits per heavy atom. The van der Waals surface area contributed by atoms with Crippen LogP contribution in [0.5, 0.6) is 0 Å². The van der Waals surface area contributed by atoms with Crippen molar-refractivity contribution in [2.75, 3.05) is 0 Å². The van der Waals surface area contributed by atoms with Gasteiger partial charge in [-0.3, -0.25) is 10.1 Å². The first kappa shape index (κ1) is 12.7. The van der Waals surface area contributed by atoms with Crippen molar-refractivity contribution in [3.63, 3.8) is 0 Å². The molecule has 0 amide bonds. The van der Waals surface area contributed by atoms with Gasteiger partial charge in [0.1, 0.15) is 6.61 Å². The summed E-state index contributed by atoms with van der Waals surface area (Å²) in [6, 6.07) is 8.67. The first-order valence-electron chi connectivity index (χ1n) is 4.18. The molecule has 0 atom stereocenters. The van der Waals surface area contributed by atoms with E-state index in [0.29, 0.717) is 5.56 Å². The molecule has 0 N–H and O–H groups in total. The van der Waals surface area contributed by atoms with Gasteiger partial charge in [0, 0.05) is 0 Å². The van der Waals surface area contributed by atoms with E-state index < -0.39 is 15.3 Å². The minimum Gasteiger partial charge on any atom is -0.453 e. The molecule has 1 rings (SSSR count). The Bertz CT molecular complexity index is 394. The van der Waals surface area contributed by atoms with Crippen molar-refractivity contribution < 1.29 is 14.5 Å². The lowest BCUT2D eigenvalue weighted by atomic mass is 10.2. The third-order valence-electron chi connectivity index (χ3n) is 1.69. The number of nitrogens with zero attached hydrogens (tertiary/aromatic N) is 1. The van der Waals surface area contributed by atoms with Crippen LogP contribution in [0.25, 0.3) is 0 Å². The average molecular weight is 264 g/mol. The molecule has 0 aliphatic rings. The van der Waals surface area contributed by atoms with Crippen LogP contribution in [-0.2, 0) is 16.1 Å². The van der Waals surface area contributed by atoms with E-state index in [1.165, 1.54) is 0 Å². The summed E-state index contributed by atoms with van der Waals surface area (Å²) in [5.41, 5.74) is 0.684. The quantitative estimate of drug-likeness (QED) is 0.274. The molecule has 0 saturated carbocycles. The first-order valence-corrected chi connectivity index (χ1v) is 4.93. The number of esters is 1. The van der Waals surface area contributed by atoms with Crippen LogP contribution in [0, 0.1) is 10.1 Å². The molecule has 0 aliphatic heterocycles. The lowest BCUT2D eigenvalue weighted by Gasteiger charge is -2.09. The van der Waals surface area contributed by atoms with Crippen LogP contribution in [-0.4, -0.2) is 15.3 Å². The number of benzene rings is 1. The Labute approximate surface area is 101 Å². The van der Waals surface area contributed by atoms with Gasteiger partial charge in [0.15, 0.2) is 0 Å². The van der Waals surface area contributed by atoms with E-state index in [1.54, 1.807) is 30.3 Å². The number of alkyl halides is 2. The molecule has 1 aromatic rings. The van der Waals surface area contributed by atoms with Gasteiger partial charge in [-0.15, -0.1) is 0 Å². The Morgan fingerprint density at radius 3 is 2.44 bits per heavy atom. The van der Waals surface area contributed by atoms with E-state index in [2.05, 4.69) is 4.74 Å². The Hall–Kier alpha value is -1.33. The number of hydrogen-bond acceptors (Lipinski definition) is 4. The third-order valence-corrected chi connectivity index (χ3v) is 2.27. The van der Waals surface area contributed by atoms with Crippen LogP contribution in [0.2, 0.25) is 0 Å². The fourth-order valence-corrected chi connectivity index (χ4v) is 0.994. The highest BCUT2D eigenvalue weighted by Gasteiger charge is 2.49. The van der Waals surface area contributed by atoms with Crippen molar-refractivity contribution in [2.24, 2.45) is 0 Å². The molecule has 0 heterocycles. The highest BCUT2D eigenvalue weighted by atomic mass is 35.5. The van der Waals surface area contributed by atoms with Gasteiger partial charge in [0.05, 0.1) is 4.92 Å². The highest BCUT2D eigenvalue weighted by molar-refractivity contribution is 6.55. The molecular formula is C9H7Cl2NO4. The van der Waals surface area contributed by atoms with Gasteiger partial charge >= 0.3 is 10.4 Å². The molecule has 0 aliphatic carbocycles. The van der Waals surface area contributed by atoms with Gasteiger partial charge in [-0.1, -0.05) is 30.3 Å². The predicted molar refractivity (Wildman–Crippen MR) is 57.7 cm³/mol. The van der Waals surface area contributed by atoms with E-state index >= 15 is 0 Å². The maximum atomic E-state index is 11.2. The minimum absolute atomic E-state index is 0.116. The zero-order valence-corrected chi connectivity index (χ0v) is 9.44. The van der Waals surface area contributed by atoms with Crippen molar-refractivity contribution in [1.29, 1.82) is 0 Å². The standard InChI is InChI=1S/C9H7Cl2NO4/c10-9(11,12(14)15)8(13)16-6-7-4-2-1-3-5-7/h1-5H,6H2. The number of halogens is 2. The highest BCUT2D eigenvalue weighted by Crippen LogP contribution is 2.23. The van der Waals surface area contributed by atoms with E-state index in [4.69, 9.17) is 23.2 Å². The molecule has 7 heteroatoms. The fourth-order valence-electron chi connectivity index (χ4n) is 0.884. The molecule has 0 unspecified atom stereocenters. The maximum Gasteiger partial charge on any atom is 0.466 e. The van der Waals surface area contributed by atoms with Gasteiger partial charge in [-0.2, -0.15) is 0 Å². The van der Waals surface area contributed by atoms with E-state index in [9.17, 15) is 14.9 Å². The lowest BCUT2D eigenvalue weighted by molar-refractivity contribution is -0.504. The van der Waals surface area contributed by atoms with Crippen molar-refractivity contribution in [3.8, 4) is 0 Å². The van der Waals surface area contributed by atoms with Crippen LogP contribution >= 0.6 is 23.2 Å². The summed E-state index contributed by atoms with van der Waals surface area (Å²) in [5, 5.41) is 10.3. The second-order valence-corrected chi connectivity index (χ2v) is 4.15. The van der Waals surface area contributed by atoms with Crippen LogP contribution in [0.1, 0.15) is 5.56 Å². The van der Waals surface area contributed by atoms with Crippen LogP contribution in [0.4, 0.5) is 0 Å². The number of nitro groups is 1. The molecule has 0 saturated heterocycles. The molecule has 0 spiro atoms. The van der Waals surface area contributed by atoms with Crippen LogP contribution in [0.3, 0.4) is 0 Å². The van der Waals surface area contributed by atoms with Gasteiger partial charge in [-0.25, -0.2) is 4.79 Å². The maximum absolute atomic E-state index is 11.2. The predicted octanol–water partition coefficient (Wildman–Crippen LogP) is 2.14. The zero-order valence-electron chi connectivity index (χ0n) is 7.93. The summed E-state index contributed by atoms with van der Waals surface area (Å²) in [7, 11) is 0. The smallest absolute Gasteiger partial charge is 0.453 e. The molecule has 5 nitrogen and oxygen atoms in total. The number of carbonyl (C=O) groups is 1. The number of ether oxygens (including phenoxy) is 1. The molecule has 0 bridgehead atoms. The van der Waals surface area contributed by atoms with Gasteiger partial charge in [0.25, 0.3) is 0 Å². The summed E-state index contributed by atoms with van der Waals surface area (Å²) >= 11 is 10.4. The third kappa shape index (κ3) is 3.08. The molecule has 1 aromatic carbocycles. The normalized spacial score (nSPS) is 10.9. The zero-order chi connectivity index (χ0) is 12.2. The van der Waals surface area contributed by atoms with Crippen molar-refractivity contribution in [1.82, 2.24) is 0 Å². The molecule has 86 valence electrons. The fraction of sp³-hybridized carbons (Fsp3) is 0.222. The van der Waals surface area contributed by atoms with Gasteiger partial charge < -0.3 is 4.74 Å². The number of hydrogen-bond donors (Lipinski definition) is 0. The summed E-state index contributed by atoms with van der Waals surface area (Å²) in [6.07, 6.45) is 0. The SMILES string of the molecule is O=C(OCc1ccccc1)C(Cl)(Cl)[N+](=O)[O-]. The largest absolute Gasteiger partial charge is 0.466 e. The Balaban J connectivity index is 2.57. The second-order valence-electron chi connectivity index (χ2n) is 2.86. The summed E-state index contributed by atoms with van der Waals surface area (Å²) < 4.78 is 1.85. The van der Waals surface area contributed by atoms with Gasteiger partial charge in [0.2, 0.25) is 0 Å². The second kappa shape index (κ2) is 5.14. The molecular weight excluding hydrogens is 257 g/mol. The summed E-state index contributed by atoms with van der Waals surface area (Å²) in [5.74, 6) is -1.30. The first-order chi connectivity index (χ1) is 7.44. The Morgan fingerprint density at radius 1 is 1.38 bits per heavy atom. The topological polar surface area (TPSA) is 69.4 Å². The van der Waals surface area contributed by atoms with Crippen molar-refractivity contribution in [2.45, 2.75) is 11.1 Å². The molecule has 0 fully saturated rings. The monoisotopic (exact) mass is 263 g/mol. The summed E-state index contributed by atoms with van der Waals surface area (Å²) in [4.78, 5) is 20.3. The van der Waals surface area contributed by atoms with Crippen molar-refractivity contribution in [3.05, 3.63) is 46.0 Å². The van der Waals surface area contributed by atoms with Gasteiger partial charge in [-0.05, 0) is 28.8 Å². The van der Waals surface area contributed by atoms with Crippen molar-refractivity contribution >= 4 is 29.2 Å². The average Bonchev–Trinajstić information content (AvgIpc) is 2.27. The Kier molecular flexibility index (Phi) is 4.09. The minimum atomic E-state index is -2.76. The number of carbonyl (C=O) groups excluding carboxylic acids is 1. The van der Waals surface area contributed by atoms with Crippen LogP contribution < -0.4 is 0 Å². The van der Waals surface area contributed by atoms with Crippen LogP contribution in [0.15, 0.2) is 30.3 Å². The summed E-state index contributed by atoms with van der Waals surface area (Å²) in [6.45, 7) is -0.116. The molecule has 16 heavy (non-hydrogen) atoms. The van der Waals surface area contributed by atoms with E-state index in [1.807, 2.05) is 0 Å².